The van der Waals surface area contributed by atoms with E-state index < -0.39 is 0 Å². The molecule has 2 aromatic heterocycles. The fraction of sp³-hybridized carbons (Fsp3) is 0.385. The van der Waals surface area contributed by atoms with Gasteiger partial charge < -0.3 is 5.32 Å². The second-order valence-electron chi connectivity index (χ2n) is 4.35. The Hall–Kier alpha value is -1.62. The molecule has 18 heavy (non-hydrogen) atoms. The standard InChI is InChI=1S/C13H15N3OS/c1-2-14-13(17)12-8-9-10-5-6-15-16(10)7-3-4-11(9)18-12/h5-6,8H,2-4,7H2,1H3,(H,14,17). The van der Waals surface area contributed by atoms with Crippen LogP contribution >= 0.6 is 11.3 Å². The number of aryl methyl sites for hydroxylation is 2. The second kappa shape index (κ2) is 4.57. The number of hydrogen-bond acceptors (Lipinski definition) is 3. The van der Waals surface area contributed by atoms with Crippen LogP contribution in [0.5, 0.6) is 0 Å². The molecule has 1 aliphatic rings. The average Bonchev–Trinajstić information content (AvgIpc) is 2.94. The van der Waals surface area contributed by atoms with E-state index >= 15 is 0 Å². The van der Waals surface area contributed by atoms with Crippen molar-refractivity contribution in [2.24, 2.45) is 0 Å². The number of fused-ring (bicyclic) bond motifs is 3. The van der Waals surface area contributed by atoms with Crippen LogP contribution in [-0.4, -0.2) is 22.2 Å². The number of aromatic nitrogens is 2. The highest BCUT2D eigenvalue weighted by atomic mass is 32.1. The molecular weight excluding hydrogens is 246 g/mol. The maximum atomic E-state index is 11.9. The molecule has 0 unspecified atom stereocenters. The molecule has 94 valence electrons. The molecule has 5 heteroatoms. The summed E-state index contributed by atoms with van der Waals surface area (Å²) in [5.74, 6) is 0.0293. The Morgan fingerprint density at radius 3 is 3.33 bits per heavy atom. The summed E-state index contributed by atoms with van der Waals surface area (Å²) in [5.41, 5.74) is 2.31. The first kappa shape index (κ1) is 11.5. The predicted molar refractivity (Wildman–Crippen MR) is 71.9 cm³/mol. The SMILES string of the molecule is CCNC(=O)c1cc2c(s1)CCCn1nccc1-2. The molecule has 0 atom stereocenters. The summed E-state index contributed by atoms with van der Waals surface area (Å²) >= 11 is 1.61. The number of rotatable bonds is 2. The molecule has 0 saturated carbocycles. The van der Waals surface area contributed by atoms with Crippen LogP contribution in [0.4, 0.5) is 0 Å². The van der Waals surface area contributed by atoms with Gasteiger partial charge in [0.25, 0.3) is 5.91 Å². The zero-order valence-electron chi connectivity index (χ0n) is 10.3. The molecule has 0 spiro atoms. The lowest BCUT2D eigenvalue weighted by atomic mass is 10.1. The summed E-state index contributed by atoms with van der Waals surface area (Å²) in [7, 11) is 0. The smallest absolute Gasteiger partial charge is 0.261 e. The Bertz CT molecular complexity index is 585. The fourth-order valence-corrected chi connectivity index (χ4v) is 3.45. The van der Waals surface area contributed by atoms with Crippen LogP contribution in [0.3, 0.4) is 0 Å². The van der Waals surface area contributed by atoms with Crippen LogP contribution in [0.1, 0.15) is 27.9 Å². The molecule has 0 fully saturated rings. The number of nitrogens with zero attached hydrogens (tertiary/aromatic N) is 2. The van der Waals surface area contributed by atoms with Crippen LogP contribution in [0.25, 0.3) is 11.3 Å². The molecule has 3 rings (SSSR count). The van der Waals surface area contributed by atoms with Crippen molar-refractivity contribution < 1.29 is 4.79 Å². The maximum Gasteiger partial charge on any atom is 0.261 e. The first-order valence-corrected chi connectivity index (χ1v) is 7.04. The van der Waals surface area contributed by atoms with E-state index in [1.54, 1.807) is 11.3 Å². The Morgan fingerprint density at radius 1 is 1.61 bits per heavy atom. The average molecular weight is 261 g/mol. The van der Waals surface area contributed by atoms with Crippen LogP contribution in [0, 0.1) is 0 Å². The molecule has 0 aromatic carbocycles. The second-order valence-corrected chi connectivity index (χ2v) is 5.49. The van der Waals surface area contributed by atoms with Crippen molar-refractivity contribution in [2.45, 2.75) is 26.3 Å². The molecule has 2 aromatic rings. The number of amides is 1. The van der Waals surface area contributed by atoms with E-state index in [9.17, 15) is 4.79 Å². The van der Waals surface area contributed by atoms with Gasteiger partial charge in [-0.3, -0.25) is 9.48 Å². The molecule has 0 saturated heterocycles. The van der Waals surface area contributed by atoms with E-state index in [0.29, 0.717) is 6.54 Å². The van der Waals surface area contributed by atoms with E-state index in [1.807, 2.05) is 29.9 Å². The minimum atomic E-state index is 0.0293. The van der Waals surface area contributed by atoms with Gasteiger partial charge in [0.1, 0.15) is 0 Å². The fourth-order valence-electron chi connectivity index (χ4n) is 2.32. The van der Waals surface area contributed by atoms with Gasteiger partial charge in [-0.25, -0.2) is 0 Å². The van der Waals surface area contributed by atoms with Crippen LogP contribution in [-0.2, 0) is 13.0 Å². The van der Waals surface area contributed by atoms with Crippen molar-refractivity contribution in [2.75, 3.05) is 6.54 Å². The van der Waals surface area contributed by atoms with Crippen molar-refractivity contribution in [3.8, 4) is 11.3 Å². The van der Waals surface area contributed by atoms with Crippen molar-refractivity contribution in [1.29, 1.82) is 0 Å². The van der Waals surface area contributed by atoms with E-state index in [4.69, 9.17) is 0 Å². The van der Waals surface area contributed by atoms with Gasteiger partial charge in [-0.2, -0.15) is 5.10 Å². The number of nitrogens with one attached hydrogen (secondary N) is 1. The van der Waals surface area contributed by atoms with Gasteiger partial charge in [0.15, 0.2) is 0 Å². The Labute approximate surface area is 110 Å². The lowest BCUT2D eigenvalue weighted by molar-refractivity contribution is 0.0960. The topological polar surface area (TPSA) is 46.9 Å². The number of thiophene rings is 1. The van der Waals surface area contributed by atoms with E-state index in [2.05, 4.69) is 10.4 Å². The Morgan fingerprint density at radius 2 is 2.50 bits per heavy atom. The highest BCUT2D eigenvalue weighted by molar-refractivity contribution is 7.14. The highest BCUT2D eigenvalue weighted by Crippen LogP contribution is 2.34. The van der Waals surface area contributed by atoms with Gasteiger partial charge in [-0.1, -0.05) is 0 Å². The predicted octanol–water partition coefficient (Wildman–Crippen LogP) is 2.31. The molecule has 1 amide bonds. The zero-order chi connectivity index (χ0) is 12.5. The lowest BCUT2D eigenvalue weighted by Gasteiger charge is -2.01. The van der Waals surface area contributed by atoms with Crippen molar-refractivity contribution in [1.82, 2.24) is 15.1 Å². The monoisotopic (exact) mass is 261 g/mol. The summed E-state index contributed by atoms with van der Waals surface area (Å²) in [6.07, 6.45) is 3.94. The summed E-state index contributed by atoms with van der Waals surface area (Å²) in [6.45, 7) is 3.56. The first-order valence-electron chi connectivity index (χ1n) is 6.22. The number of carbonyl (C=O) groups excluding carboxylic acids is 1. The van der Waals surface area contributed by atoms with Crippen molar-refractivity contribution >= 4 is 17.2 Å². The molecule has 1 aliphatic heterocycles. The van der Waals surface area contributed by atoms with Gasteiger partial charge in [0.05, 0.1) is 10.6 Å². The normalized spacial score (nSPS) is 13.6. The minimum absolute atomic E-state index is 0.0293. The third-order valence-corrected chi connectivity index (χ3v) is 4.33. The van der Waals surface area contributed by atoms with Gasteiger partial charge in [-0.05, 0) is 31.9 Å². The van der Waals surface area contributed by atoms with Crippen LogP contribution in [0.2, 0.25) is 0 Å². The van der Waals surface area contributed by atoms with Gasteiger partial charge in [0.2, 0.25) is 0 Å². The number of hydrogen-bond donors (Lipinski definition) is 1. The first-order chi connectivity index (χ1) is 8.79. The van der Waals surface area contributed by atoms with Crippen molar-refractivity contribution in [3.05, 3.63) is 28.1 Å². The third-order valence-electron chi connectivity index (χ3n) is 3.14. The van der Waals surface area contributed by atoms with Gasteiger partial charge >= 0.3 is 0 Å². The quantitative estimate of drug-likeness (QED) is 0.901. The minimum Gasteiger partial charge on any atom is -0.352 e. The number of carbonyl (C=O) groups is 1. The molecule has 4 nitrogen and oxygen atoms in total. The van der Waals surface area contributed by atoms with Gasteiger partial charge in [0, 0.05) is 29.7 Å². The summed E-state index contributed by atoms with van der Waals surface area (Å²) < 4.78 is 2.03. The molecule has 0 aliphatic carbocycles. The third kappa shape index (κ3) is 1.84. The molecule has 0 bridgehead atoms. The zero-order valence-corrected chi connectivity index (χ0v) is 11.1. The van der Waals surface area contributed by atoms with Crippen LogP contribution < -0.4 is 5.32 Å². The summed E-state index contributed by atoms with van der Waals surface area (Å²) in [5, 5.41) is 7.18. The van der Waals surface area contributed by atoms with Gasteiger partial charge in [-0.15, -0.1) is 11.3 Å². The molecule has 3 heterocycles. The van der Waals surface area contributed by atoms with E-state index in [0.717, 1.165) is 30.0 Å². The molecule has 1 N–H and O–H groups in total. The van der Waals surface area contributed by atoms with Crippen molar-refractivity contribution in [3.63, 3.8) is 0 Å². The van der Waals surface area contributed by atoms with Crippen LogP contribution in [0.15, 0.2) is 18.3 Å². The Kier molecular flexibility index (Phi) is 2.91. The summed E-state index contributed by atoms with van der Waals surface area (Å²) in [6, 6.07) is 4.03. The lowest BCUT2D eigenvalue weighted by Crippen LogP contribution is -2.21. The molecular formula is C13H15N3OS. The maximum absolute atomic E-state index is 11.9. The largest absolute Gasteiger partial charge is 0.352 e. The highest BCUT2D eigenvalue weighted by Gasteiger charge is 2.20. The van der Waals surface area contributed by atoms with E-state index in [-0.39, 0.29) is 5.91 Å². The molecule has 0 radical (unpaired) electrons. The van der Waals surface area contributed by atoms with E-state index in [1.165, 1.54) is 10.4 Å². The Balaban J connectivity index is 2.04. The summed E-state index contributed by atoms with van der Waals surface area (Å²) in [4.78, 5) is 14.0.